The Morgan fingerprint density at radius 1 is 0.967 bits per heavy atom. The Kier molecular flexibility index (Phi) is 5.21. The van der Waals surface area contributed by atoms with Gasteiger partial charge < -0.3 is 4.57 Å². The Morgan fingerprint density at radius 2 is 1.63 bits per heavy atom. The van der Waals surface area contributed by atoms with Crippen molar-refractivity contribution in [2.75, 3.05) is 0 Å². The average molecular weight is 416 g/mol. The third-order valence-corrected chi connectivity index (χ3v) is 6.54. The first kappa shape index (κ1) is 19.6. The molecule has 0 amide bonds. The molecule has 4 aromatic rings. The van der Waals surface area contributed by atoms with Gasteiger partial charge in [0.15, 0.2) is 0 Å². The van der Waals surface area contributed by atoms with Crippen LogP contribution in [0.1, 0.15) is 11.1 Å². The number of rotatable bonds is 5. The zero-order valence-electron chi connectivity index (χ0n) is 15.9. The van der Waals surface area contributed by atoms with Gasteiger partial charge in [-0.05, 0) is 30.3 Å². The van der Waals surface area contributed by atoms with E-state index in [2.05, 4.69) is 0 Å². The average Bonchev–Trinajstić information content (AvgIpc) is 3.11. The summed E-state index contributed by atoms with van der Waals surface area (Å²) in [7, 11) is -3.94. The highest BCUT2D eigenvalue weighted by molar-refractivity contribution is 7.95. The van der Waals surface area contributed by atoms with Crippen LogP contribution in [-0.4, -0.2) is 13.0 Å². The molecule has 0 fully saturated rings. The number of nitrogens with zero attached hydrogens (tertiary/aromatic N) is 2. The number of hydrogen-bond acceptors (Lipinski definition) is 3. The summed E-state index contributed by atoms with van der Waals surface area (Å²) in [4.78, 5) is -0.282. The molecule has 6 heteroatoms. The number of aromatic nitrogens is 1. The highest BCUT2D eigenvalue weighted by Gasteiger charge is 2.21. The Bertz CT molecular complexity index is 1400. The van der Waals surface area contributed by atoms with Gasteiger partial charge in [0.05, 0.1) is 11.4 Å². The summed E-state index contributed by atoms with van der Waals surface area (Å²) >= 11 is 0. The van der Waals surface area contributed by atoms with Gasteiger partial charge in [0.2, 0.25) is 9.84 Å². The Balaban J connectivity index is 1.83. The van der Waals surface area contributed by atoms with Crippen LogP contribution in [0.2, 0.25) is 0 Å². The fourth-order valence-electron chi connectivity index (χ4n) is 3.37. The van der Waals surface area contributed by atoms with Gasteiger partial charge in [-0.2, -0.15) is 5.26 Å². The summed E-state index contributed by atoms with van der Waals surface area (Å²) in [5, 5.41) is 10.4. The van der Waals surface area contributed by atoms with E-state index in [1.165, 1.54) is 24.3 Å². The standard InChI is InChI=1S/C24H17FN2O2S/c25-23-12-6-4-8-18(23)16-27-17-19(22-11-5-7-13-24(22)27)14-21(15-26)30(28,29)20-9-2-1-3-10-20/h1-14,17H,16H2. The van der Waals surface area contributed by atoms with Gasteiger partial charge in [-0.15, -0.1) is 0 Å². The lowest BCUT2D eigenvalue weighted by Crippen LogP contribution is -2.03. The SMILES string of the molecule is N#CC(=Cc1cn(Cc2ccccc2F)c2ccccc12)S(=O)(=O)c1ccccc1. The van der Waals surface area contributed by atoms with Crippen LogP contribution in [0.4, 0.5) is 4.39 Å². The first-order valence-corrected chi connectivity index (χ1v) is 10.7. The number of halogens is 1. The number of allylic oxidation sites excluding steroid dienone is 1. The highest BCUT2D eigenvalue weighted by Crippen LogP contribution is 2.27. The zero-order chi connectivity index (χ0) is 21.1. The van der Waals surface area contributed by atoms with Crippen molar-refractivity contribution in [2.24, 2.45) is 0 Å². The molecule has 0 aliphatic heterocycles. The van der Waals surface area contributed by atoms with Crippen LogP contribution in [0, 0.1) is 17.1 Å². The number of nitriles is 1. The molecule has 1 heterocycles. The first-order chi connectivity index (χ1) is 14.5. The summed E-state index contributed by atoms with van der Waals surface area (Å²) in [5.41, 5.74) is 1.92. The predicted molar refractivity (Wildman–Crippen MR) is 115 cm³/mol. The van der Waals surface area contributed by atoms with Gasteiger partial charge in [0.1, 0.15) is 16.8 Å². The molecule has 1 aromatic heterocycles. The topological polar surface area (TPSA) is 62.9 Å². The summed E-state index contributed by atoms with van der Waals surface area (Å²) in [5.74, 6) is -0.309. The second-order valence-corrected chi connectivity index (χ2v) is 8.68. The van der Waals surface area contributed by atoms with Crippen molar-refractivity contribution < 1.29 is 12.8 Å². The van der Waals surface area contributed by atoms with Crippen LogP contribution in [0.3, 0.4) is 0 Å². The van der Waals surface area contributed by atoms with E-state index in [1.54, 1.807) is 42.6 Å². The largest absolute Gasteiger partial charge is 0.342 e. The summed E-state index contributed by atoms with van der Waals surface area (Å²) in [6, 6.07) is 23.6. The maximum atomic E-state index is 14.1. The van der Waals surface area contributed by atoms with Crippen LogP contribution in [0.25, 0.3) is 17.0 Å². The quantitative estimate of drug-likeness (QED) is 0.422. The van der Waals surface area contributed by atoms with Gasteiger partial charge in [0, 0.05) is 28.2 Å². The van der Waals surface area contributed by atoms with Gasteiger partial charge in [-0.1, -0.05) is 54.6 Å². The molecule has 4 nitrogen and oxygen atoms in total. The lowest BCUT2D eigenvalue weighted by molar-refractivity contribution is 0.602. The van der Waals surface area contributed by atoms with Crippen molar-refractivity contribution in [3.63, 3.8) is 0 Å². The molecule has 4 rings (SSSR count). The fourth-order valence-corrected chi connectivity index (χ4v) is 4.54. The van der Waals surface area contributed by atoms with Crippen molar-refractivity contribution in [2.45, 2.75) is 11.4 Å². The van der Waals surface area contributed by atoms with Gasteiger partial charge in [0.25, 0.3) is 0 Å². The lowest BCUT2D eigenvalue weighted by atomic mass is 10.1. The monoisotopic (exact) mass is 416 g/mol. The van der Waals surface area contributed by atoms with Crippen molar-refractivity contribution in [1.82, 2.24) is 4.57 Å². The Labute approximate surface area is 174 Å². The molecular weight excluding hydrogens is 399 g/mol. The molecule has 0 saturated carbocycles. The van der Waals surface area contributed by atoms with Crippen LogP contribution in [0.5, 0.6) is 0 Å². The molecule has 30 heavy (non-hydrogen) atoms. The molecule has 0 N–H and O–H groups in total. The van der Waals surface area contributed by atoms with E-state index in [-0.39, 0.29) is 22.2 Å². The maximum Gasteiger partial charge on any atom is 0.216 e. The molecule has 0 saturated heterocycles. The Morgan fingerprint density at radius 3 is 2.37 bits per heavy atom. The van der Waals surface area contributed by atoms with Crippen LogP contribution < -0.4 is 0 Å². The molecule has 0 aliphatic carbocycles. The third-order valence-electron chi connectivity index (χ3n) is 4.86. The number of hydrogen-bond donors (Lipinski definition) is 0. The molecule has 0 atom stereocenters. The number of para-hydroxylation sites is 1. The second kappa shape index (κ2) is 7.97. The van der Waals surface area contributed by atoms with Crippen LogP contribution >= 0.6 is 0 Å². The van der Waals surface area contributed by atoms with Gasteiger partial charge in [-0.25, -0.2) is 12.8 Å². The van der Waals surface area contributed by atoms with E-state index in [4.69, 9.17) is 0 Å². The summed E-state index contributed by atoms with van der Waals surface area (Å²) in [6.07, 6.45) is 3.12. The minimum atomic E-state index is -3.94. The molecule has 0 radical (unpaired) electrons. The van der Waals surface area contributed by atoms with Crippen molar-refractivity contribution >= 4 is 26.8 Å². The van der Waals surface area contributed by atoms with Crippen molar-refractivity contribution in [3.05, 3.63) is 107 Å². The lowest BCUT2D eigenvalue weighted by Gasteiger charge is -2.06. The van der Waals surface area contributed by atoms with Crippen molar-refractivity contribution in [1.29, 1.82) is 5.26 Å². The molecule has 148 valence electrons. The zero-order valence-corrected chi connectivity index (χ0v) is 16.7. The summed E-state index contributed by atoms with van der Waals surface area (Å²) in [6.45, 7) is 0.286. The molecular formula is C24H17FN2O2S. The molecule has 0 aliphatic rings. The molecule has 0 unspecified atom stereocenters. The van der Waals surface area contributed by atoms with E-state index >= 15 is 0 Å². The van der Waals surface area contributed by atoms with Crippen LogP contribution in [0.15, 0.2) is 94.9 Å². The third kappa shape index (κ3) is 3.63. The van der Waals surface area contributed by atoms with Crippen LogP contribution in [-0.2, 0) is 16.4 Å². The smallest absolute Gasteiger partial charge is 0.216 e. The van der Waals surface area contributed by atoms with Crippen molar-refractivity contribution in [3.8, 4) is 6.07 Å². The molecule has 0 spiro atoms. The number of fused-ring (bicyclic) bond motifs is 1. The second-order valence-electron chi connectivity index (χ2n) is 6.76. The minimum Gasteiger partial charge on any atom is -0.342 e. The van der Waals surface area contributed by atoms with Gasteiger partial charge in [-0.3, -0.25) is 0 Å². The Hall–Kier alpha value is -3.69. The van der Waals surface area contributed by atoms with E-state index in [0.29, 0.717) is 11.1 Å². The maximum absolute atomic E-state index is 14.1. The number of benzene rings is 3. The van der Waals surface area contributed by atoms with E-state index in [0.717, 1.165) is 10.9 Å². The van der Waals surface area contributed by atoms with E-state index in [1.807, 2.05) is 34.9 Å². The van der Waals surface area contributed by atoms with E-state index in [9.17, 15) is 18.1 Å². The molecule has 3 aromatic carbocycles. The minimum absolute atomic E-state index is 0.0629. The van der Waals surface area contributed by atoms with E-state index < -0.39 is 9.84 Å². The summed E-state index contributed by atoms with van der Waals surface area (Å²) < 4.78 is 41.8. The number of sulfone groups is 1. The molecule has 0 bridgehead atoms. The fraction of sp³-hybridized carbons (Fsp3) is 0.0417. The van der Waals surface area contributed by atoms with Gasteiger partial charge >= 0.3 is 0 Å². The first-order valence-electron chi connectivity index (χ1n) is 9.24. The predicted octanol–water partition coefficient (Wildman–Crippen LogP) is 5.17. The normalized spacial score (nSPS) is 12.1. The highest BCUT2D eigenvalue weighted by atomic mass is 32.2.